The van der Waals surface area contributed by atoms with Gasteiger partial charge in [-0.2, -0.15) is 0 Å². The number of hydrogen-bond acceptors (Lipinski definition) is 6. The van der Waals surface area contributed by atoms with Gasteiger partial charge in [0, 0.05) is 4.88 Å². The summed E-state index contributed by atoms with van der Waals surface area (Å²) in [4.78, 5) is 28.7. The average Bonchev–Trinajstić information content (AvgIpc) is 3.36. The molecule has 28 heavy (non-hydrogen) atoms. The van der Waals surface area contributed by atoms with Crippen LogP contribution < -0.4 is 10.6 Å². The smallest absolute Gasteiger partial charge is 0.321 e. The lowest BCUT2D eigenvalue weighted by molar-refractivity contribution is -0.117. The maximum Gasteiger partial charge on any atom is 0.321 e. The number of carbonyl (C=O) groups excluding carboxylic acids is 2. The number of aromatic amines is 1. The van der Waals surface area contributed by atoms with Crippen LogP contribution in [0.2, 0.25) is 0 Å². The van der Waals surface area contributed by atoms with Gasteiger partial charge in [0.2, 0.25) is 11.1 Å². The van der Waals surface area contributed by atoms with Crippen LogP contribution in [-0.4, -0.2) is 32.9 Å². The van der Waals surface area contributed by atoms with Gasteiger partial charge in [-0.3, -0.25) is 15.2 Å². The molecule has 3 aromatic rings. The third-order valence-corrected chi connectivity index (χ3v) is 5.10. The normalized spacial score (nSPS) is 10.9. The predicted octanol–water partition coefficient (Wildman–Crippen LogP) is 3.29. The van der Waals surface area contributed by atoms with Crippen LogP contribution in [0.1, 0.15) is 16.3 Å². The summed E-state index contributed by atoms with van der Waals surface area (Å²) in [6.07, 6.45) is 3.46. The maximum atomic E-state index is 12.9. The van der Waals surface area contributed by atoms with Gasteiger partial charge in [-0.25, -0.2) is 14.2 Å². The summed E-state index contributed by atoms with van der Waals surface area (Å²) in [7, 11) is 0. The predicted molar refractivity (Wildman–Crippen MR) is 107 cm³/mol. The fourth-order valence-corrected chi connectivity index (χ4v) is 3.31. The second-order valence-electron chi connectivity index (χ2n) is 5.49. The highest BCUT2D eigenvalue weighted by Gasteiger charge is 2.10. The first-order valence-corrected chi connectivity index (χ1v) is 10.0. The van der Waals surface area contributed by atoms with Crippen molar-refractivity contribution in [2.75, 3.05) is 5.75 Å². The van der Waals surface area contributed by atoms with Crippen LogP contribution in [0.3, 0.4) is 0 Å². The minimum Gasteiger partial charge on any atom is -0.333 e. The molecule has 1 aromatic carbocycles. The number of benzene rings is 1. The van der Waals surface area contributed by atoms with Gasteiger partial charge in [0.15, 0.2) is 0 Å². The zero-order valence-electron chi connectivity index (χ0n) is 14.5. The number of nitrogens with zero attached hydrogens (tertiary/aromatic N) is 2. The summed E-state index contributed by atoms with van der Waals surface area (Å²) >= 11 is 2.63. The number of rotatable bonds is 7. The summed E-state index contributed by atoms with van der Waals surface area (Å²) in [6, 6.07) is 9.27. The number of hydrogen-bond donors (Lipinski definition) is 3. The van der Waals surface area contributed by atoms with E-state index in [4.69, 9.17) is 0 Å². The standard InChI is InChI=1S/C18H16FN5O2S2/c19-13-6-3-12(4-7-13)5-8-15-21-18(24-23-15)28-11-16(25)22-17(26)20-10-14-2-1-9-27-14/h1-9H,10-11H2,(H,21,23,24)(H2,20,22,25,26)/b8-5+. The van der Waals surface area contributed by atoms with Gasteiger partial charge < -0.3 is 5.32 Å². The minimum absolute atomic E-state index is 0.00535. The van der Waals surface area contributed by atoms with Crippen molar-refractivity contribution < 1.29 is 14.0 Å². The van der Waals surface area contributed by atoms with Crippen molar-refractivity contribution >= 4 is 47.2 Å². The lowest BCUT2D eigenvalue weighted by Gasteiger charge is -2.04. The monoisotopic (exact) mass is 417 g/mol. The number of H-pyrrole nitrogens is 1. The topological polar surface area (TPSA) is 99.8 Å². The van der Waals surface area contributed by atoms with Crippen molar-refractivity contribution in [3.8, 4) is 0 Å². The molecule has 2 heterocycles. The largest absolute Gasteiger partial charge is 0.333 e. The van der Waals surface area contributed by atoms with Crippen LogP contribution in [0.4, 0.5) is 9.18 Å². The van der Waals surface area contributed by atoms with Gasteiger partial charge in [-0.1, -0.05) is 36.0 Å². The van der Waals surface area contributed by atoms with Gasteiger partial charge in [0.1, 0.15) is 11.6 Å². The highest BCUT2D eigenvalue weighted by molar-refractivity contribution is 7.99. The Balaban J connectivity index is 1.41. The number of urea groups is 1. The molecule has 0 fully saturated rings. The Labute approximate surface area is 168 Å². The van der Waals surface area contributed by atoms with Crippen molar-refractivity contribution in [1.82, 2.24) is 25.8 Å². The first-order valence-electron chi connectivity index (χ1n) is 8.17. The summed E-state index contributed by atoms with van der Waals surface area (Å²) in [5.74, 6) is -0.234. The van der Waals surface area contributed by atoms with E-state index in [9.17, 15) is 14.0 Å². The Morgan fingerprint density at radius 3 is 2.79 bits per heavy atom. The highest BCUT2D eigenvalue weighted by atomic mass is 32.2. The lowest BCUT2D eigenvalue weighted by Crippen LogP contribution is -2.39. The molecule has 10 heteroatoms. The first-order chi connectivity index (χ1) is 13.6. The van der Waals surface area contributed by atoms with Gasteiger partial charge in [0.05, 0.1) is 12.3 Å². The molecule has 3 N–H and O–H groups in total. The fourth-order valence-electron chi connectivity index (χ4n) is 2.06. The SMILES string of the molecule is O=C(CSc1n[nH]c(/C=C/c2ccc(F)cc2)n1)NC(=O)NCc1cccs1. The molecule has 0 radical (unpaired) electrons. The highest BCUT2D eigenvalue weighted by Crippen LogP contribution is 2.13. The molecule has 3 amide bonds. The number of halogens is 1. The van der Waals surface area contributed by atoms with Crippen LogP contribution in [0, 0.1) is 5.82 Å². The van der Waals surface area contributed by atoms with Gasteiger partial charge in [0.25, 0.3) is 0 Å². The third-order valence-electron chi connectivity index (χ3n) is 3.37. The molecule has 0 bridgehead atoms. The average molecular weight is 417 g/mol. The molecule has 0 atom stereocenters. The van der Waals surface area contributed by atoms with Crippen LogP contribution in [0.15, 0.2) is 46.9 Å². The Morgan fingerprint density at radius 1 is 1.21 bits per heavy atom. The van der Waals surface area contributed by atoms with E-state index in [0.717, 1.165) is 22.2 Å². The summed E-state index contributed by atoms with van der Waals surface area (Å²) < 4.78 is 12.9. The molecule has 7 nitrogen and oxygen atoms in total. The second-order valence-corrected chi connectivity index (χ2v) is 7.46. The maximum absolute atomic E-state index is 12.9. The molecule has 0 saturated carbocycles. The molecule has 3 rings (SSSR count). The molecule has 0 spiro atoms. The van der Waals surface area contributed by atoms with Crippen LogP contribution in [-0.2, 0) is 11.3 Å². The molecular weight excluding hydrogens is 401 g/mol. The minimum atomic E-state index is -0.545. The zero-order chi connectivity index (χ0) is 19.8. The van der Waals surface area contributed by atoms with Crippen molar-refractivity contribution in [1.29, 1.82) is 0 Å². The number of thiophene rings is 1. The Morgan fingerprint density at radius 2 is 2.04 bits per heavy atom. The third kappa shape index (κ3) is 6.32. The van der Waals surface area contributed by atoms with Crippen LogP contribution >= 0.6 is 23.1 Å². The van der Waals surface area contributed by atoms with Crippen molar-refractivity contribution in [2.45, 2.75) is 11.7 Å². The van der Waals surface area contributed by atoms with Gasteiger partial charge in [-0.15, -0.1) is 16.4 Å². The van der Waals surface area contributed by atoms with Crippen molar-refractivity contribution in [3.63, 3.8) is 0 Å². The number of thioether (sulfide) groups is 1. The molecule has 0 aliphatic heterocycles. The van der Waals surface area contributed by atoms with E-state index in [2.05, 4.69) is 25.8 Å². The van der Waals surface area contributed by atoms with Crippen molar-refractivity contribution in [3.05, 3.63) is 63.9 Å². The molecule has 0 unspecified atom stereocenters. The number of imide groups is 1. The van der Waals surface area contributed by atoms with Gasteiger partial charge >= 0.3 is 6.03 Å². The Hall–Kier alpha value is -2.98. The van der Waals surface area contributed by atoms with E-state index in [1.54, 1.807) is 24.3 Å². The van der Waals surface area contributed by atoms with E-state index in [0.29, 0.717) is 17.5 Å². The number of amides is 3. The molecule has 0 aliphatic carbocycles. The van der Waals surface area contributed by atoms with E-state index < -0.39 is 11.9 Å². The zero-order valence-corrected chi connectivity index (χ0v) is 16.1. The second kappa shape index (κ2) is 9.81. The first kappa shape index (κ1) is 19.8. The number of aromatic nitrogens is 3. The van der Waals surface area contributed by atoms with Crippen LogP contribution in [0.5, 0.6) is 0 Å². The van der Waals surface area contributed by atoms with Crippen molar-refractivity contribution in [2.24, 2.45) is 0 Å². The van der Waals surface area contributed by atoms with E-state index in [1.165, 1.54) is 23.5 Å². The quantitative estimate of drug-likeness (QED) is 0.512. The fraction of sp³-hybridized carbons (Fsp3) is 0.111. The lowest BCUT2D eigenvalue weighted by atomic mass is 10.2. The Kier molecular flexibility index (Phi) is 6.93. The number of carbonyl (C=O) groups is 2. The molecule has 144 valence electrons. The van der Waals surface area contributed by atoms with E-state index in [1.807, 2.05) is 17.5 Å². The van der Waals surface area contributed by atoms with E-state index >= 15 is 0 Å². The van der Waals surface area contributed by atoms with E-state index in [-0.39, 0.29) is 11.6 Å². The molecule has 0 saturated heterocycles. The number of nitrogens with one attached hydrogen (secondary N) is 3. The van der Waals surface area contributed by atoms with Crippen LogP contribution in [0.25, 0.3) is 12.2 Å². The summed E-state index contributed by atoms with van der Waals surface area (Å²) in [5.41, 5.74) is 0.819. The van der Waals surface area contributed by atoms with Gasteiger partial charge in [-0.05, 0) is 35.2 Å². The molecular formula is C18H16FN5O2S2. The Bertz CT molecular complexity index is 955. The molecule has 0 aliphatic rings. The summed E-state index contributed by atoms with van der Waals surface area (Å²) in [6.45, 7) is 0.370. The summed E-state index contributed by atoms with van der Waals surface area (Å²) in [5, 5.41) is 13.9. The molecule has 2 aromatic heterocycles.